The number of H-pyrrole nitrogens is 1. The van der Waals surface area contributed by atoms with Gasteiger partial charge in [0.2, 0.25) is 0 Å². The Labute approximate surface area is 151 Å². The predicted octanol–water partition coefficient (Wildman–Crippen LogP) is 2.87. The molecule has 3 aromatic rings. The van der Waals surface area contributed by atoms with Crippen LogP contribution in [0.25, 0.3) is 22.7 Å². The predicted molar refractivity (Wildman–Crippen MR) is 102 cm³/mol. The Morgan fingerprint density at radius 2 is 1.92 bits per heavy atom. The Hall–Kier alpha value is -3.12. The monoisotopic (exact) mass is 351 g/mol. The quantitative estimate of drug-likeness (QED) is 0.507. The number of carbonyl (C=O) groups excluding carboxylic acids is 1. The Morgan fingerprint density at radius 1 is 1.15 bits per heavy atom. The maximum absolute atomic E-state index is 12.7. The first-order valence-electron chi connectivity index (χ1n) is 8.29. The highest BCUT2D eigenvalue weighted by atomic mass is 16.5. The largest absolute Gasteiger partial charge is 0.497 e. The number of nitrogens with one attached hydrogen (secondary N) is 2. The normalized spacial score (nSPS) is 11.5. The van der Waals surface area contributed by atoms with Crippen molar-refractivity contribution in [3.05, 3.63) is 59.9 Å². The van der Waals surface area contributed by atoms with Crippen molar-refractivity contribution in [2.75, 3.05) is 27.4 Å². The molecule has 0 atom stereocenters. The number of carbonyl (C=O) groups is 1. The number of aromatic nitrogens is 2. The van der Waals surface area contributed by atoms with E-state index in [-0.39, 0.29) is 5.91 Å². The summed E-state index contributed by atoms with van der Waals surface area (Å²) >= 11 is 0. The molecule has 0 radical (unpaired) electrons. The van der Waals surface area contributed by atoms with Gasteiger partial charge in [-0.1, -0.05) is 24.3 Å². The van der Waals surface area contributed by atoms with Crippen LogP contribution in [0.2, 0.25) is 0 Å². The zero-order valence-electron chi connectivity index (χ0n) is 14.8. The van der Waals surface area contributed by atoms with Gasteiger partial charge in [-0.2, -0.15) is 0 Å². The number of hydrogen-bond acceptors (Lipinski definition) is 4. The number of fused-ring (bicyclic) bond motifs is 1. The SMILES string of the molecule is COCCNC(=O)/C(=C/c1ccc(OC)cc1)c1nc2ccccc2[nH]1. The minimum atomic E-state index is -0.211. The lowest BCUT2D eigenvalue weighted by Crippen LogP contribution is -2.28. The lowest BCUT2D eigenvalue weighted by Gasteiger charge is -2.07. The van der Waals surface area contributed by atoms with Gasteiger partial charge in [-0.05, 0) is 35.9 Å². The average molecular weight is 351 g/mol. The van der Waals surface area contributed by atoms with Crippen LogP contribution in [0.3, 0.4) is 0 Å². The van der Waals surface area contributed by atoms with Crippen LogP contribution < -0.4 is 10.1 Å². The number of amides is 1. The molecule has 0 saturated carbocycles. The Bertz CT molecular complexity index is 880. The summed E-state index contributed by atoms with van der Waals surface area (Å²) in [4.78, 5) is 20.5. The molecular formula is C20H21N3O3. The molecule has 6 heteroatoms. The molecule has 1 heterocycles. The Balaban J connectivity index is 1.97. The van der Waals surface area contributed by atoms with Gasteiger partial charge in [0.15, 0.2) is 0 Å². The van der Waals surface area contributed by atoms with Crippen molar-refractivity contribution < 1.29 is 14.3 Å². The summed E-state index contributed by atoms with van der Waals surface area (Å²) < 4.78 is 10.2. The molecule has 0 aliphatic carbocycles. The molecule has 0 aliphatic heterocycles. The van der Waals surface area contributed by atoms with E-state index in [0.717, 1.165) is 22.3 Å². The zero-order valence-corrected chi connectivity index (χ0v) is 14.8. The Kier molecular flexibility index (Phi) is 5.66. The maximum atomic E-state index is 12.7. The number of benzene rings is 2. The van der Waals surface area contributed by atoms with Gasteiger partial charge in [-0.15, -0.1) is 0 Å². The molecule has 134 valence electrons. The van der Waals surface area contributed by atoms with Crippen molar-refractivity contribution in [3.63, 3.8) is 0 Å². The highest BCUT2D eigenvalue weighted by Gasteiger charge is 2.16. The van der Waals surface area contributed by atoms with Gasteiger partial charge >= 0.3 is 0 Å². The standard InChI is InChI=1S/C20H21N3O3/c1-25-12-11-21-20(24)16(13-14-7-9-15(26-2)10-8-14)19-22-17-5-3-4-6-18(17)23-19/h3-10,13H,11-12H2,1-2H3,(H,21,24)(H,22,23)/b16-13+. The van der Waals surface area contributed by atoms with Gasteiger partial charge in [0.1, 0.15) is 11.6 Å². The molecule has 0 spiro atoms. The summed E-state index contributed by atoms with van der Waals surface area (Å²) in [6.07, 6.45) is 1.80. The van der Waals surface area contributed by atoms with Crippen molar-refractivity contribution >= 4 is 28.6 Å². The second kappa shape index (κ2) is 8.31. The first kappa shape index (κ1) is 17.7. The molecule has 1 amide bonds. The number of methoxy groups -OCH3 is 2. The van der Waals surface area contributed by atoms with Crippen molar-refractivity contribution in [1.29, 1.82) is 0 Å². The highest BCUT2D eigenvalue weighted by molar-refractivity contribution is 6.23. The molecule has 0 aliphatic rings. The second-order valence-electron chi connectivity index (χ2n) is 5.68. The van der Waals surface area contributed by atoms with Gasteiger partial charge in [0.25, 0.3) is 5.91 Å². The van der Waals surface area contributed by atoms with E-state index < -0.39 is 0 Å². The number of nitrogens with zero attached hydrogens (tertiary/aromatic N) is 1. The molecule has 0 fully saturated rings. The van der Waals surface area contributed by atoms with Gasteiger partial charge in [0, 0.05) is 13.7 Å². The molecule has 6 nitrogen and oxygen atoms in total. The van der Waals surface area contributed by atoms with E-state index in [1.807, 2.05) is 48.5 Å². The fraction of sp³-hybridized carbons (Fsp3) is 0.200. The van der Waals surface area contributed by atoms with Crippen LogP contribution in [0, 0.1) is 0 Å². The zero-order chi connectivity index (χ0) is 18.4. The summed E-state index contributed by atoms with van der Waals surface area (Å²) in [5, 5.41) is 2.85. The van der Waals surface area contributed by atoms with E-state index in [0.29, 0.717) is 24.5 Å². The summed E-state index contributed by atoms with van der Waals surface area (Å²) in [6, 6.07) is 15.2. The molecule has 0 bridgehead atoms. The van der Waals surface area contributed by atoms with Crippen molar-refractivity contribution in [2.45, 2.75) is 0 Å². The maximum Gasteiger partial charge on any atom is 0.255 e. The van der Waals surface area contributed by atoms with Gasteiger partial charge in [-0.25, -0.2) is 4.98 Å². The summed E-state index contributed by atoms with van der Waals surface area (Å²) in [5.74, 6) is 1.07. The smallest absolute Gasteiger partial charge is 0.255 e. The number of ether oxygens (including phenoxy) is 2. The van der Waals surface area contributed by atoms with Crippen LogP contribution in [-0.2, 0) is 9.53 Å². The number of rotatable bonds is 7. The van der Waals surface area contributed by atoms with E-state index >= 15 is 0 Å². The van der Waals surface area contributed by atoms with Crippen molar-refractivity contribution in [3.8, 4) is 5.75 Å². The van der Waals surface area contributed by atoms with Crippen molar-refractivity contribution in [2.24, 2.45) is 0 Å². The minimum Gasteiger partial charge on any atom is -0.497 e. The Morgan fingerprint density at radius 3 is 2.62 bits per heavy atom. The third-order valence-electron chi connectivity index (χ3n) is 3.91. The molecule has 1 aromatic heterocycles. The second-order valence-corrected chi connectivity index (χ2v) is 5.68. The van der Waals surface area contributed by atoms with Crippen LogP contribution in [0.5, 0.6) is 5.75 Å². The van der Waals surface area contributed by atoms with Gasteiger partial charge in [-0.3, -0.25) is 4.79 Å². The summed E-state index contributed by atoms with van der Waals surface area (Å²) in [5.41, 5.74) is 3.03. The van der Waals surface area contributed by atoms with E-state index in [1.54, 1.807) is 20.3 Å². The summed E-state index contributed by atoms with van der Waals surface area (Å²) in [7, 11) is 3.22. The third-order valence-corrected chi connectivity index (χ3v) is 3.91. The average Bonchev–Trinajstić information content (AvgIpc) is 3.10. The first-order chi connectivity index (χ1) is 12.7. The molecule has 3 rings (SSSR count). The van der Waals surface area contributed by atoms with Crippen LogP contribution in [-0.4, -0.2) is 43.2 Å². The van der Waals surface area contributed by atoms with Crippen LogP contribution in [0.15, 0.2) is 48.5 Å². The fourth-order valence-electron chi connectivity index (χ4n) is 2.55. The number of aromatic amines is 1. The molecule has 2 N–H and O–H groups in total. The molecular weight excluding hydrogens is 330 g/mol. The molecule has 0 saturated heterocycles. The topological polar surface area (TPSA) is 76.2 Å². The van der Waals surface area contributed by atoms with E-state index in [1.165, 1.54) is 0 Å². The van der Waals surface area contributed by atoms with E-state index in [2.05, 4.69) is 15.3 Å². The van der Waals surface area contributed by atoms with Crippen molar-refractivity contribution in [1.82, 2.24) is 15.3 Å². The van der Waals surface area contributed by atoms with Gasteiger partial charge < -0.3 is 19.8 Å². The lowest BCUT2D eigenvalue weighted by atomic mass is 10.1. The molecule has 2 aromatic carbocycles. The lowest BCUT2D eigenvalue weighted by molar-refractivity contribution is -0.115. The number of para-hydroxylation sites is 2. The van der Waals surface area contributed by atoms with Crippen LogP contribution in [0.4, 0.5) is 0 Å². The minimum absolute atomic E-state index is 0.211. The number of imidazole rings is 1. The fourth-order valence-corrected chi connectivity index (χ4v) is 2.55. The van der Waals surface area contributed by atoms with Crippen LogP contribution in [0.1, 0.15) is 11.4 Å². The van der Waals surface area contributed by atoms with Gasteiger partial charge in [0.05, 0.1) is 30.3 Å². The van der Waals surface area contributed by atoms with E-state index in [4.69, 9.17) is 9.47 Å². The van der Waals surface area contributed by atoms with E-state index in [9.17, 15) is 4.79 Å². The first-order valence-corrected chi connectivity index (χ1v) is 8.29. The molecule has 26 heavy (non-hydrogen) atoms. The highest BCUT2D eigenvalue weighted by Crippen LogP contribution is 2.21. The van der Waals surface area contributed by atoms with Crippen LogP contribution >= 0.6 is 0 Å². The summed E-state index contributed by atoms with van der Waals surface area (Å²) in [6.45, 7) is 0.872. The molecule has 0 unspecified atom stereocenters. The third kappa shape index (κ3) is 4.10. The number of hydrogen-bond donors (Lipinski definition) is 2.